The van der Waals surface area contributed by atoms with Gasteiger partial charge in [-0.3, -0.25) is 4.79 Å². The molecule has 0 radical (unpaired) electrons. The van der Waals surface area contributed by atoms with Gasteiger partial charge in [0.05, 0.1) is 18.8 Å². The lowest BCUT2D eigenvalue weighted by atomic mass is 9.99. The summed E-state index contributed by atoms with van der Waals surface area (Å²) in [5, 5.41) is 43.9. The van der Waals surface area contributed by atoms with Crippen LogP contribution in [0.3, 0.4) is 0 Å². The Morgan fingerprint density at radius 1 is 0.400 bits per heavy atom. The van der Waals surface area contributed by atoms with Gasteiger partial charge in [0.2, 0.25) is 5.91 Å². The first-order valence-electron chi connectivity index (χ1n) is 27.1. The van der Waals surface area contributed by atoms with E-state index in [1.165, 1.54) is 218 Å². The van der Waals surface area contributed by atoms with E-state index in [1.807, 2.05) is 0 Å². The van der Waals surface area contributed by atoms with Gasteiger partial charge >= 0.3 is 0 Å². The van der Waals surface area contributed by atoms with Gasteiger partial charge in [0.25, 0.3) is 0 Å². The third-order valence-corrected chi connectivity index (χ3v) is 13.0. The summed E-state index contributed by atoms with van der Waals surface area (Å²) >= 11 is 0. The van der Waals surface area contributed by atoms with Crippen molar-refractivity contribution in [3.63, 3.8) is 0 Å². The first kappa shape index (κ1) is 59.0. The van der Waals surface area contributed by atoms with Crippen molar-refractivity contribution >= 4 is 5.91 Å². The normalized spacial score (nSPS) is 13.9. The van der Waals surface area contributed by atoms with Crippen molar-refractivity contribution in [3.8, 4) is 0 Å². The molecule has 0 aliphatic rings. The molecule has 358 valence electrons. The molecule has 0 saturated heterocycles. The Balaban J connectivity index is 3.58. The number of aliphatic hydroxyl groups excluding tert-OH is 4. The molecule has 0 saturated carbocycles. The maximum absolute atomic E-state index is 12.5. The minimum Gasteiger partial charge on any atom is -0.394 e. The molecule has 0 aliphatic heterocycles. The number of amides is 1. The molecular weight excluding hydrogens is 743 g/mol. The molecule has 5 N–H and O–H groups in total. The summed E-state index contributed by atoms with van der Waals surface area (Å²) in [5.41, 5.74) is 0. The Morgan fingerprint density at radius 3 is 0.967 bits per heavy atom. The summed E-state index contributed by atoms with van der Waals surface area (Å²) in [5.74, 6) is -0.589. The first-order chi connectivity index (χ1) is 29.5. The van der Waals surface area contributed by atoms with E-state index in [1.54, 1.807) is 0 Å². The van der Waals surface area contributed by atoms with Crippen molar-refractivity contribution in [1.29, 1.82) is 0 Å². The summed E-state index contributed by atoms with van der Waals surface area (Å²) in [7, 11) is 0. The number of carbonyl (C=O) groups is 1. The molecule has 4 atom stereocenters. The molecule has 0 heterocycles. The number of nitrogens with one attached hydrogen (secondary N) is 1. The highest BCUT2D eigenvalue weighted by molar-refractivity contribution is 5.80. The topological polar surface area (TPSA) is 110 Å². The van der Waals surface area contributed by atoms with Gasteiger partial charge in [-0.05, 0) is 38.5 Å². The van der Waals surface area contributed by atoms with Crippen LogP contribution in [-0.4, -0.2) is 57.3 Å². The van der Waals surface area contributed by atoms with Crippen LogP contribution in [0.1, 0.15) is 296 Å². The van der Waals surface area contributed by atoms with Gasteiger partial charge in [-0.15, -0.1) is 0 Å². The minimum absolute atomic E-state index is 0.358. The SMILES string of the molecule is CCCCCCCCC/C=C\CCCCCCC(O)C(=O)NC(CO)C(O)C(O)CCCCCCCCCCCCCCCCCCCCCCCCCCCCCCC. The molecule has 6 nitrogen and oxygen atoms in total. The van der Waals surface area contributed by atoms with E-state index in [4.69, 9.17) is 0 Å². The van der Waals surface area contributed by atoms with Gasteiger partial charge in [-0.25, -0.2) is 0 Å². The summed E-state index contributed by atoms with van der Waals surface area (Å²) in [6.07, 6.45) is 57.1. The number of carbonyl (C=O) groups excluding carboxylic acids is 1. The highest BCUT2D eigenvalue weighted by Crippen LogP contribution is 2.18. The largest absolute Gasteiger partial charge is 0.394 e. The van der Waals surface area contributed by atoms with Crippen LogP contribution in [0, 0.1) is 0 Å². The fourth-order valence-corrected chi connectivity index (χ4v) is 8.70. The van der Waals surface area contributed by atoms with E-state index in [2.05, 4.69) is 31.3 Å². The molecule has 1 amide bonds. The number of aliphatic hydroxyl groups is 4. The standard InChI is InChI=1S/C54H107NO5/c1-3-5-7-9-11-13-15-17-19-20-21-22-23-24-25-26-27-28-29-30-31-32-34-35-37-39-41-43-45-47-51(57)53(59)50(49-56)55-54(60)52(58)48-46-44-42-40-38-36-33-18-16-14-12-10-8-6-4-2/h33,36,50-53,56-59H,3-32,34-35,37-49H2,1-2H3,(H,55,60)/b36-33-. The molecule has 60 heavy (non-hydrogen) atoms. The van der Waals surface area contributed by atoms with E-state index >= 15 is 0 Å². The summed E-state index contributed by atoms with van der Waals surface area (Å²) in [6.45, 7) is 4.07. The van der Waals surface area contributed by atoms with Crippen molar-refractivity contribution < 1.29 is 25.2 Å². The van der Waals surface area contributed by atoms with E-state index in [0.29, 0.717) is 12.8 Å². The van der Waals surface area contributed by atoms with Gasteiger partial charge in [-0.2, -0.15) is 0 Å². The van der Waals surface area contributed by atoms with Gasteiger partial charge in [0, 0.05) is 0 Å². The molecule has 0 aromatic rings. The highest BCUT2D eigenvalue weighted by atomic mass is 16.3. The van der Waals surface area contributed by atoms with E-state index < -0.39 is 36.9 Å². The van der Waals surface area contributed by atoms with E-state index in [9.17, 15) is 25.2 Å². The number of rotatable bonds is 50. The van der Waals surface area contributed by atoms with Crippen LogP contribution in [0.2, 0.25) is 0 Å². The highest BCUT2D eigenvalue weighted by Gasteiger charge is 2.28. The molecule has 6 heteroatoms. The molecule has 4 unspecified atom stereocenters. The third kappa shape index (κ3) is 42.4. The lowest BCUT2D eigenvalue weighted by Gasteiger charge is -2.27. The molecule has 0 aliphatic carbocycles. The fraction of sp³-hybridized carbons (Fsp3) is 0.944. The van der Waals surface area contributed by atoms with E-state index in [0.717, 1.165) is 51.4 Å². The quantitative estimate of drug-likeness (QED) is 0.0309. The maximum Gasteiger partial charge on any atom is 0.249 e. The van der Waals surface area contributed by atoms with Crippen molar-refractivity contribution in [2.24, 2.45) is 0 Å². The Labute approximate surface area is 374 Å². The zero-order chi connectivity index (χ0) is 43.8. The van der Waals surface area contributed by atoms with Gasteiger partial charge in [0.15, 0.2) is 0 Å². The van der Waals surface area contributed by atoms with Crippen LogP contribution in [0.4, 0.5) is 0 Å². The lowest BCUT2D eigenvalue weighted by Crippen LogP contribution is -2.53. The number of hydrogen-bond acceptors (Lipinski definition) is 5. The van der Waals surface area contributed by atoms with Gasteiger partial charge < -0.3 is 25.7 Å². The monoisotopic (exact) mass is 850 g/mol. The first-order valence-corrected chi connectivity index (χ1v) is 27.1. The van der Waals surface area contributed by atoms with Crippen molar-refractivity contribution in [1.82, 2.24) is 5.32 Å². The molecule has 0 aromatic carbocycles. The van der Waals surface area contributed by atoms with Gasteiger partial charge in [-0.1, -0.05) is 270 Å². The zero-order valence-corrected chi connectivity index (χ0v) is 40.5. The van der Waals surface area contributed by atoms with Crippen LogP contribution in [0.15, 0.2) is 12.2 Å². The Hall–Kier alpha value is -0.950. The number of unbranched alkanes of at least 4 members (excludes halogenated alkanes) is 39. The Kier molecular flexibility index (Phi) is 48.3. The van der Waals surface area contributed by atoms with Crippen molar-refractivity contribution in [2.75, 3.05) is 6.61 Å². The molecule has 0 fully saturated rings. The Bertz CT molecular complexity index is 867. The van der Waals surface area contributed by atoms with Crippen molar-refractivity contribution in [2.45, 2.75) is 321 Å². The average molecular weight is 850 g/mol. The van der Waals surface area contributed by atoms with Crippen molar-refractivity contribution in [3.05, 3.63) is 12.2 Å². The second-order valence-electron chi connectivity index (χ2n) is 18.9. The van der Waals surface area contributed by atoms with E-state index in [-0.39, 0.29) is 0 Å². The predicted molar refractivity (Wildman–Crippen MR) is 261 cm³/mol. The number of hydrogen-bond donors (Lipinski definition) is 5. The smallest absolute Gasteiger partial charge is 0.249 e. The minimum atomic E-state index is -1.26. The molecule has 0 aromatic heterocycles. The predicted octanol–water partition coefficient (Wildman–Crippen LogP) is 15.3. The average Bonchev–Trinajstić information content (AvgIpc) is 3.25. The maximum atomic E-state index is 12.5. The van der Waals surface area contributed by atoms with Crippen LogP contribution < -0.4 is 5.32 Å². The lowest BCUT2D eigenvalue weighted by molar-refractivity contribution is -0.132. The second kappa shape index (κ2) is 49.1. The summed E-state index contributed by atoms with van der Waals surface area (Å²) < 4.78 is 0. The Morgan fingerprint density at radius 2 is 0.667 bits per heavy atom. The van der Waals surface area contributed by atoms with Gasteiger partial charge in [0.1, 0.15) is 12.2 Å². The fourth-order valence-electron chi connectivity index (χ4n) is 8.70. The second-order valence-corrected chi connectivity index (χ2v) is 18.9. The molecule has 0 rings (SSSR count). The number of allylic oxidation sites excluding steroid dienone is 2. The molecule has 0 bridgehead atoms. The molecular formula is C54H107NO5. The zero-order valence-electron chi connectivity index (χ0n) is 40.5. The van der Waals surface area contributed by atoms with Crippen LogP contribution in [0.25, 0.3) is 0 Å². The van der Waals surface area contributed by atoms with Crippen LogP contribution in [0.5, 0.6) is 0 Å². The summed E-state index contributed by atoms with van der Waals surface area (Å²) in [6, 6.07) is -0.987. The third-order valence-electron chi connectivity index (χ3n) is 13.0. The van der Waals surface area contributed by atoms with Crippen LogP contribution >= 0.6 is 0 Å². The molecule has 0 spiro atoms. The summed E-state index contributed by atoms with van der Waals surface area (Å²) in [4.78, 5) is 12.5. The van der Waals surface area contributed by atoms with Crippen LogP contribution in [-0.2, 0) is 4.79 Å².